The fourth-order valence-electron chi connectivity index (χ4n) is 3.57. The van der Waals surface area contributed by atoms with E-state index < -0.39 is 0 Å². The maximum absolute atomic E-state index is 5.45. The summed E-state index contributed by atoms with van der Waals surface area (Å²) in [6, 6.07) is 15.5. The zero-order valence-corrected chi connectivity index (χ0v) is 13.8. The molecule has 2 aromatic carbocycles. The first-order chi connectivity index (χ1) is 10.8. The van der Waals surface area contributed by atoms with Gasteiger partial charge in [0.25, 0.3) is 0 Å². The maximum atomic E-state index is 5.45. The Bertz CT molecular complexity index is 596. The van der Waals surface area contributed by atoms with E-state index in [0.717, 1.165) is 26.3 Å². The van der Waals surface area contributed by atoms with Crippen LogP contribution in [0.25, 0.3) is 10.8 Å². The Balaban J connectivity index is 1.80. The fourth-order valence-corrected chi connectivity index (χ4v) is 3.57. The van der Waals surface area contributed by atoms with E-state index in [9.17, 15) is 0 Å². The summed E-state index contributed by atoms with van der Waals surface area (Å²) in [5.41, 5.74) is 1.52. The Kier molecular flexibility index (Phi) is 5.12. The van der Waals surface area contributed by atoms with Gasteiger partial charge in [-0.05, 0) is 41.1 Å². The molecule has 0 bridgehead atoms. The predicted octanol–water partition coefficient (Wildman–Crippen LogP) is 4.30. The van der Waals surface area contributed by atoms with Crippen LogP contribution in [0, 0.1) is 5.92 Å². The molecule has 1 fully saturated rings. The molecule has 0 aliphatic carbocycles. The Hall–Kier alpha value is -1.38. The van der Waals surface area contributed by atoms with Gasteiger partial charge in [-0.2, -0.15) is 0 Å². The van der Waals surface area contributed by atoms with Crippen LogP contribution in [0.1, 0.15) is 31.7 Å². The van der Waals surface area contributed by atoms with Gasteiger partial charge in [-0.15, -0.1) is 0 Å². The Morgan fingerprint density at radius 1 is 1.00 bits per heavy atom. The van der Waals surface area contributed by atoms with Crippen LogP contribution in [0.5, 0.6) is 0 Å². The first-order valence-electron chi connectivity index (χ1n) is 8.53. The molecule has 0 aromatic heterocycles. The van der Waals surface area contributed by atoms with Crippen LogP contribution in [-0.4, -0.2) is 37.7 Å². The third kappa shape index (κ3) is 3.50. The molecular weight excluding hydrogens is 270 g/mol. The predicted molar refractivity (Wildman–Crippen MR) is 93.4 cm³/mol. The van der Waals surface area contributed by atoms with Gasteiger partial charge in [0.05, 0.1) is 13.2 Å². The molecule has 1 atom stereocenters. The highest BCUT2D eigenvalue weighted by atomic mass is 16.5. The number of morpholine rings is 1. The first kappa shape index (κ1) is 15.5. The average molecular weight is 297 g/mol. The Morgan fingerprint density at radius 2 is 1.73 bits per heavy atom. The van der Waals surface area contributed by atoms with Crippen LogP contribution < -0.4 is 0 Å². The average Bonchev–Trinajstić information content (AvgIpc) is 2.56. The molecule has 2 nitrogen and oxygen atoms in total. The number of nitrogens with zero attached hydrogens (tertiary/aromatic N) is 1. The topological polar surface area (TPSA) is 12.5 Å². The molecule has 3 rings (SSSR count). The lowest BCUT2D eigenvalue weighted by Crippen LogP contribution is -2.37. The minimum absolute atomic E-state index is 0.619. The van der Waals surface area contributed by atoms with E-state index in [-0.39, 0.29) is 0 Å². The van der Waals surface area contributed by atoms with Crippen molar-refractivity contribution in [1.29, 1.82) is 0 Å². The van der Waals surface area contributed by atoms with Crippen molar-refractivity contribution in [2.75, 3.05) is 32.8 Å². The van der Waals surface area contributed by atoms with Crippen LogP contribution in [0.15, 0.2) is 42.5 Å². The van der Waals surface area contributed by atoms with Crippen molar-refractivity contribution in [2.45, 2.75) is 26.2 Å². The lowest BCUT2D eigenvalue weighted by molar-refractivity contribution is 0.0360. The van der Waals surface area contributed by atoms with E-state index in [0.29, 0.717) is 11.8 Å². The normalized spacial score (nSPS) is 18.0. The SMILES string of the molecule is CC(C)[C@H](CCN1CCOCC1)c1cccc2ccccc12. The summed E-state index contributed by atoms with van der Waals surface area (Å²) in [4.78, 5) is 2.55. The maximum Gasteiger partial charge on any atom is 0.0594 e. The van der Waals surface area contributed by atoms with Gasteiger partial charge in [0.1, 0.15) is 0 Å². The third-order valence-corrected chi connectivity index (χ3v) is 4.89. The molecule has 0 spiro atoms. The number of benzene rings is 2. The minimum Gasteiger partial charge on any atom is -0.379 e. The molecule has 1 aliphatic heterocycles. The first-order valence-corrected chi connectivity index (χ1v) is 8.53. The van der Waals surface area contributed by atoms with E-state index in [4.69, 9.17) is 4.74 Å². The van der Waals surface area contributed by atoms with Gasteiger partial charge in [-0.25, -0.2) is 0 Å². The Morgan fingerprint density at radius 3 is 2.50 bits per heavy atom. The number of rotatable bonds is 5. The molecule has 1 saturated heterocycles. The monoisotopic (exact) mass is 297 g/mol. The van der Waals surface area contributed by atoms with Gasteiger partial charge >= 0.3 is 0 Å². The van der Waals surface area contributed by atoms with Crippen LogP contribution in [-0.2, 0) is 4.74 Å². The summed E-state index contributed by atoms with van der Waals surface area (Å²) in [6.07, 6.45) is 1.23. The Labute approximate surface area is 134 Å². The van der Waals surface area contributed by atoms with Crippen LogP contribution in [0.4, 0.5) is 0 Å². The van der Waals surface area contributed by atoms with Crippen molar-refractivity contribution >= 4 is 10.8 Å². The van der Waals surface area contributed by atoms with Gasteiger partial charge in [-0.3, -0.25) is 4.90 Å². The molecule has 2 heteroatoms. The molecule has 2 aromatic rings. The van der Waals surface area contributed by atoms with E-state index in [2.05, 4.69) is 61.2 Å². The summed E-state index contributed by atoms with van der Waals surface area (Å²) in [5, 5.41) is 2.78. The van der Waals surface area contributed by atoms with E-state index in [1.54, 1.807) is 0 Å². The summed E-state index contributed by atoms with van der Waals surface area (Å²) < 4.78 is 5.45. The second-order valence-corrected chi connectivity index (χ2v) is 6.66. The largest absolute Gasteiger partial charge is 0.379 e. The summed E-state index contributed by atoms with van der Waals surface area (Å²) in [7, 11) is 0. The van der Waals surface area contributed by atoms with Gasteiger partial charge in [0.2, 0.25) is 0 Å². The molecule has 22 heavy (non-hydrogen) atoms. The standard InChI is InChI=1S/C20H27NO/c1-16(2)18(10-11-21-12-14-22-15-13-21)20-9-5-7-17-6-3-4-8-19(17)20/h3-9,16,18H,10-15H2,1-2H3/t18-/m0/s1. The highest BCUT2D eigenvalue weighted by molar-refractivity contribution is 5.86. The quantitative estimate of drug-likeness (QED) is 0.816. The van der Waals surface area contributed by atoms with Crippen molar-refractivity contribution in [3.63, 3.8) is 0 Å². The van der Waals surface area contributed by atoms with Crippen molar-refractivity contribution < 1.29 is 4.74 Å². The molecule has 0 N–H and O–H groups in total. The van der Waals surface area contributed by atoms with Crippen LogP contribution >= 0.6 is 0 Å². The third-order valence-electron chi connectivity index (χ3n) is 4.89. The van der Waals surface area contributed by atoms with Gasteiger partial charge < -0.3 is 4.74 Å². The minimum atomic E-state index is 0.619. The van der Waals surface area contributed by atoms with Crippen molar-refractivity contribution in [3.8, 4) is 0 Å². The number of hydrogen-bond acceptors (Lipinski definition) is 2. The van der Waals surface area contributed by atoms with Gasteiger partial charge in [-0.1, -0.05) is 56.3 Å². The smallest absolute Gasteiger partial charge is 0.0594 e. The number of ether oxygens (including phenoxy) is 1. The molecule has 0 radical (unpaired) electrons. The molecule has 118 valence electrons. The summed E-state index contributed by atoms with van der Waals surface area (Å²) >= 11 is 0. The van der Waals surface area contributed by atoms with Crippen LogP contribution in [0.3, 0.4) is 0 Å². The molecule has 1 heterocycles. The molecule has 0 saturated carbocycles. The lowest BCUT2D eigenvalue weighted by atomic mass is 9.83. The van der Waals surface area contributed by atoms with E-state index in [1.807, 2.05) is 0 Å². The molecule has 0 amide bonds. The van der Waals surface area contributed by atoms with Crippen molar-refractivity contribution in [2.24, 2.45) is 5.92 Å². The van der Waals surface area contributed by atoms with E-state index in [1.165, 1.54) is 29.3 Å². The van der Waals surface area contributed by atoms with Crippen LogP contribution in [0.2, 0.25) is 0 Å². The van der Waals surface area contributed by atoms with Crippen molar-refractivity contribution in [3.05, 3.63) is 48.0 Å². The molecule has 1 aliphatic rings. The second-order valence-electron chi connectivity index (χ2n) is 6.66. The highest BCUT2D eigenvalue weighted by Gasteiger charge is 2.20. The van der Waals surface area contributed by atoms with Crippen molar-refractivity contribution in [1.82, 2.24) is 4.90 Å². The lowest BCUT2D eigenvalue weighted by Gasteiger charge is -2.30. The highest BCUT2D eigenvalue weighted by Crippen LogP contribution is 2.33. The van der Waals surface area contributed by atoms with E-state index >= 15 is 0 Å². The number of fused-ring (bicyclic) bond motifs is 1. The fraction of sp³-hybridized carbons (Fsp3) is 0.500. The molecular formula is C20H27NO. The summed E-state index contributed by atoms with van der Waals surface area (Å²) in [6.45, 7) is 9.83. The molecule has 0 unspecified atom stereocenters. The second kappa shape index (κ2) is 7.26. The zero-order chi connectivity index (χ0) is 15.4. The number of hydrogen-bond donors (Lipinski definition) is 0. The van der Waals surface area contributed by atoms with Gasteiger partial charge in [0.15, 0.2) is 0 Å². The van der Waals surface area contributed by atoms with Gasteiger partial charge in [0, 0.05) is 13.1 Å². The zero-order valence-electron chi connectivity index (χ0n) is 13.8. The summed E-state index contributed by atoms with van der Waals surface area (Å²) in [5.74, 6) is 1.28.